The molecule has 0 radical (unpaired) electrons. The van der Waals surface area contributed by atoms with Gasteiger partial charge >= 0.3 is 0 Å². The summed E-state index contributed by atoms with van der Waals surface area (Å²) in [5, 5.41) is 11.6. The SMILES string of the molecule is CC1(c2noc(-c3cc(-c4ccncc4)no3)n2)CCNCC1. The third kappa shape index (κ3) is 2.63. The Hall–Kier alpha value is -2.54. The molecule has 3 aromatic rings. The van der Waals surface area contributed by atoms with Crippen molar-refractivity contribution in [2.24, 2.45) is 0 Å². The van der Waals surface area contributed by atoms with Gasteiger partial charge in [0.2, 0.25) is 5.76 Å². The van der Waals surface area contributed by atoms with Gasteiger partial charge in [0, 0.05) is 29.4 Å². The Morgan fingerprint density at radius 3 is 2.65 bits per heavy atom. The zero-order chi connectivity index (χ0) is 15.7. The van der Waals surface area contributed by atoms with Gasteiger partial charge in [0.1, 0.15) is 5.69 Å². The lowest BCUT2D eigenvalue weighted by Crippen LogP contribution is -2.38. The van der Waals surface area contributed by atoms with Gasteiger partial charge in [-0.3, -0.25) is 4.98 Å². The van der Waals surface area contributed by atoms with E-state index in [-0.39, 0.29) is 5.41 Å². The molecule has 0 spiro atoms. The highest BCUT2D eigenvalue weighted by Crippen LogP contribution is 2.32. The van der Waals surface area contributed by atoms with Crippen LogP contribution >= 0.6 is 0 Å². The van der Waals surface area contributed by atoms with E-state index in [1.807, 2.05) is 12.1 Å². The maximum atomic E-state index is 5.39. The van der Waals surface area contributed by atoms with Gasteiger partial charge < -0.3 is 14.4 Å². The van der Waals surface area contributed by atoms with E-state index < -0.39 is 0 Å². The first-order chi connectivity index (χ1) is 11.2. The minimum absolute atomic E-state index is 0.0546. The Morgan fingerprint density at radius 2 is 1.87 bits per heavy atom. The van der Waals surface area contributed by atoms with Gasteiger partial charge in [-0.15, -0.1) is 0 Å². The second kappa shape index (κ2) is 5.58. The topological polar surface area (TPSA) is 89.9 Å². The van der Waals surface area contributed by atoms with Crippen LogP contribution in [0.4, 0.5) is 0 Å². The van der Waals surface area contributed by atoms with Crippen molar-refractivity contribution >= 4 is 0 Å². The van der Waals surface area contributed by atoms with Crippen LogP contribution in [0.15, 0.2) is 39.6 Å². The van der Waals surface area contributed by atoms with E-state index in [0.717, 1.165) is 43.0 Å². The molecule has 1 aliphatic heterocycles. The van der Waals surface area contributed by atoms with Gasteiger partial charge in [0.25, 0.3) is 5.89 Å². The molecule has 118 valence electrons. The van der Waals surface area contributed by atoms with Gasteiger partial charge in [0.05, 0.1) is 0 Å². The number of aromatic nitrogens is 4. The Labute approximate surface area is 133 Å². The molecule has 0 bridgehead atoms. The first-order valence-corrected chi connectivity index (χ1v) is 7.67. The molecular formula is C16H17N5O2. The Balaban J connectivity index is 1.61. The van der Waals surface area contributed by atoms with Crippen LogP contribution in [0.1, 0.15) is 25.6 Å². The molecule has 1 aliphatic rings. The molecule has 1 saturated heterocycles. The van der Waals surface area contributed by atoms with Crippen LogP contribution in [-0.4, -0.2) is 33.4 Å². The van der Waals surface area contributed by atoms with Gasteiger partial charge in [-0.25, -0.2) is 0 Å². The van der Waals surface area contributed by atoms with E-state index in [1.54, 1.807) is 18.5 Å². The van der Waals surface area contributed by atoms with Crippen molar-refractivity contribution in [1.29, 1.82) is 0 Å². The van der Waals surface area contributed by atoms with E-state index in [4.69, 9.17) is 9.05 Å². The van der Waals surface area contributed by atoms with Crippen molar-refractivity contribution in [3.8, 4) is 22.9 Å². The van der Waals surface area contributed by atoms with Gasteiger partial charge in [0.15, 0.2) is 5.82 Å². The van der Waals surface area contributed by atoms with Crippen LogP contribution < -0.4 is 5.32 Å². The summed E-state index contributed by atoms with van der Waals surface area (Å²) >= 11 is 0. The quantitative estimate of drug-likeness (QED) is 0.794. The van der Waals surface area contributed by atoms with Crippen LogP contribution in [0.3, 0.4) is 0 Å². The Bertz CT molecular complexity index is 790. The fourth-order valence-electron chi connectivity index (χ4n) is 2.81. The smallest absolute Gasteiger partial charge is 0.296 e. The molecule has 0 aliphatic carbocycles. The third-order valence-corrected chi connectivity index (χ3v) is 4.37. The third-order valence-electron chi connectivity index (χ3n) is 4.37. The van der Waals surface area contributed by atoms with Crippen LogP contribution in [0.5, 0.6) is 0 Å². The fourth-order valence-corrected chi connectivity index (χ4v) is 2.81. The molecule has 0 aromatic carbocycles. The minimum Gasteiger partial charge on any atom is -0.350 e. The lowest BCUT2D eigenvalue weighted by Gasteiger charge is -2.30. The summed E-state index contributed by atoms with van der Waals surface area (Å²) in [5.74, 6) is 1.58. The lowest BCUT2D eigenvalue weighted by molar-refractivity contribution is 0.302. The van der Waals surface area contributed by atoms with Crippen LogP contribution in [0, 0.1) is 0 Å². The molecule has 3 aromatic heterocycles. The van der Waals surface area contributed by atoms with Crippen molar-refractivity contribution in [1.82, 2.24) is 25.6 Å². The van der Waals surface area contributed by atoms with Crippen molar-refractivity contribution in [3.05, 3.63) is 36.4 Å². The van der Waals surface area contributed by atoms with Crippen molar-refractivity contribution in [3.63, 3.8) is 0 Å². The zero-order valence-electron chi connectivity index (χ0n) is 12.8. The highest BCUT2D eigenvalue weighted by Gasteiger charge is 2.34. The van der Waals surface area contributed by atoms with Crippen LogP contribution in [-0.2, 0) is 5.41 Å². The molecule has 1 fully saturated rings. The summed E-state index contributed by atoms with van der Waals surface area (Å²) in [6, 6.07) is 5.55. The fraction of sp³-hybridized carbons (Fsp3) is 0.375. The standard InChI is InChI=1S/C16H17N5O2/c1-16(4-8-18-9-5-16)15-19-14(23-21-15)13-10-12(20-22-13)11-2-6-17-7-3-11/h2-3,6-7,10,18H,4-5,8-9H2,1H3. The second-order valence-corrected chi connectivity index (χ2v) is 6.05. The highest BCUT2D eigenvalue weighted by molar-refractivity contribution is 5.62. The molecule has 7 heteroatoms. The van der Waals surface area contributed by atoms with Crippen molar-refractivity contribution in [2.45, 2.75) is 25.2 Å². The normalized spacial score (nSPS) is 17.3. The average molecular weight is 311 g/mol. The molecule has 4 rings (SSSR count). The first-order valence-electron chi connectivity index (χ1n) is 7.67. The number of hydrogen-bond donors (Lipinski definition) is 1. The first kappa shape index (κ1) is 14.1. The predicted octanol–water partition coefficient (Wildman–Crippen LogP) is 2.43. The summed E-state index contributed by atoms with van der Waals surface area (Å²) in [6.07, 6.45) is 5.41. The molecule has 7 nitrogen and oxygen atoms in total. The van der Waals surface area contributed by atoms with Crippen molar-refractivity contribution < 1.29 is 9.05 Å². The van der Waals surface area contributed by atoms with E-state index in [2.05, 4.69) is 32.5 Å². The number of nitrogens with one attached hydrogen (secondary N) is 1. The number of pyridine rings is 1. The van der Waals surface area contributed by atoms with Crippen LogP contribution in [0.2, 0.25) is 0 Å². The van der Waals surface area contributed by atoms with Gasteiger partial charge in [-0.05, 0) is 38.1 Å². The molecule has 1 N–H and O–H groups in total. The number of nitrogens with zero attached hydrogens (tertiary/aromatic N) is 4. The summed E-state index contributed by atoms with van der Waals surface area (Å²) in [5.41, 5.74) is 1.59. The monoisotopic (exact) mass is 311 g/mol. The van der Waals surface area contributed by atoms with Crippen molar-refractivity contribution in [2.75, 3.05) is 13.1 Å². The van der Waals surface area contributed by atoms with Gasteiger partial charge in [-0.1, -0.05) is 17.2 Å². The Kier molecular flexibility index (Phi) is 3.42. The molecule has 0 amide bonds. The van der Waals surface area contributed by atoms with E-state index in [0.29, 0.717) is 11.7 Å². The number of rotatable bonds is 3. The second-order valence-electron chi connectivity index (χ2n) is 6.05. The summed E-state index contributed by atoms with van der Waals surface area (Å²) < 4.78 is 10.8. The number of hydrogen-bond acceptors (Lipinski definition) is 7. The zero-order valence-corrected chi connectivity index (χ0v) is 12.8. The molecule has 0 saturated carbocycles. The maximum Gasteiger partial charge on any atom is 0.296 e. The van der Waals surface area contributed by atoms with E-state index in [9.17, 15) is 0 Å². The molecule has 23 heavy (non-hydrogen) atoms. The van der Waals surface area contributed by atoms with Crippen LogP contribution in [0.25, 0.3) is 22.9 Å². The number of piperidine rings is 1. The average Bonchev–Trinajstić information content (AvgIpc) is 3.26. The van der Waals surface area contributed by atoms with E-state index in [1.165, 1.54) is 0 Å². The highest BCUT2D eigenvalue weighted by atomic mass is 16.5. The van der Waals surface area contributed by atoms with Gasteiger partial charge in [-0.2, -0.15) is 4.98 Å². The summed E-state index contributed by atoms with van der Waals surface area (Å²) in [6.45, 7) is 4.11. The minimum atomic E-state index is -0.0546. The molecular weight excluding hydrogens is 294 g/mol. The predicted molar refractivity (Wildman–Crippen MR) is 82.5 cm³/mol. The molecule has 4 heterocycles. The molecule has 0 atom stereocenters. The Morgan fingerprint density at radius 1 is 1.09 bits per heavy atom. The summed E-state index contributed by atoms with van der Waals surface area (Å²) in [7, 11) is 0. The molecule has 0 unspecified atom stereocenters. The van der Waals surface area contributed by atoms with E-state index >= 15 is 0 Å². The largest absolute Gasteiger partial charge is 0.350 e. The summed E-state index contributed by atoms with van der Waals surface area (Å²) in [4.78, 5) is 8.53. The lowest BCUT2D eigenvalue weighted by atomic mass is 9.80. The maximum absolute atomic E-state index is 5.39.